The minimum Gasteiger partial charge on any atom is -0.274 e. The zero-order chi connectivity index (χ0) is 14.3. The van der Waals surface area contributed by atoms with Crippen molar-refractivity contribution in [3.05, 3.63) is 28.8 Å². The third-order valence-corrected chi connectivity index (χ3v) is 4.51. The Balaban J connectivity index is 2.07. The summed E-state index contributed by atoms with van der Waals surface area (Å²) in [5.74, 6) is -0.394. The first-order valence-corrected chi connectivity index (χ1v) is 7.02. The van der Waals surface area contributed by atoms with Crippen molar-refractivity contribution in [1.29, 1.82) is 5.26 Å². The summed E-state index contributed by atoms with van der Waals surface area (Å²) in [7, 11) is 0. The van der Waals surface area contributed by atoms with Crippen molar-refractivity contribution in [2.45, 2.75) is 32.1 Å². The van der Waals surface area contributed by atoms with Crippen molar-refractivity contribution in [2.75, 3.05) is 4.90 Å². The van der Waals surface area contributed by atoms with Crippen LogP contribution in [0.1, 0.15) is 37.7 Å². The highest BCUT2D eigenvalue weighted by Crippen LogP contribution is 2.48. The topological polar surface area (TPSA) is 61.2 Å². The monoisotopic (exact) mass is 288 g/mol. The van der Waals surface area contributed by atoms with Gasteiger partial charge in [-0.25, -0.2) is 4.90 Å². The van der Waals surface area contributed by atoms with Gasteiger partial charge in [0.2, 0.25) is 11.8 Å². The third-order valence-electron chi connectivity index (χ3n) is 4.28. The fourth-order valence-corrected chi connectivity index (χ4v) is 3.43. The summed E-state index contributed by atoms with van der Waals surface area (Å²) >= 11 is 5.94. The Morgan fingerprint density at radius 2 is 1.95 bits per heavy atom. The van der Waals surface area contributed by atoms with E-state index in [2.05, 4.69) is 0 Å². The summed E-state index contributed by atoms with van der Waals surface area (Å²) in [5.41, 5.74) is 0.0801. The normalized spacial score (nSPS) is 20.7. The average molecular weight is 289 g/mol. The maximum Gasteiger partial charge on any atom is 0.240 e. The second-order valence-electron chi connectivity index (χ2n) is 5.47. The van der Waals surface area contributed by atoms with Crippen molar-refractivity contribution in [3.63, 3.8) is 0 Å². The van der Waals surface area contributed by atoms with Crippen LogP contribution in [0.25, 0.3) is 0 Å². The summed E-state index contributed by atoms with van der Waals surface area (Å²) in [6, 6.07) is 6.66. The number of amides is 2. The van der Waals surface area contributed by atoms with E-state index < -0.39 is 5.41 Å². The zero-order valence-corrected chi connectivity index (χ0v) is 11.6. The highest BCUT2D eigenvalue weighted by Gasteiger charge is 2.53. The van der Waals surface area contributed by atoms with Gasteiger partial charge in [0.15, 0.2) is 0 Å². The number of hydrogen-bond donors (Lipinski definition) is 0. The molecule has 0 bridgehead atoms. The van der Waals surface area contributed by atoms with E-state index >= 15 is 0 Å². The molecule has 1 spiro atoms. The number of imide groups is 1. The Hall–Kier alpha value is -1.86. The molecule has 0 aromatic heterocycles. The molecule has 0 radical (unpaired) electrons. The molecule has 1 aromatic carbocycles. The van der Waals surface area contributed by atoms with E-state index in [1.165, 1.54) is 12.1 Å². The standard InChI is InChI=1S/C15H13ClN2O2/c16-11-4-3-10(9-17)12(7-11)18-13(19)8-15(14(18)20)5-1-2-6-15/h3-4,7H,1-2,5-6,8H2. The van der Waals surface area contributed by atoms with Gasteiger partial charge in [-0.3, -0.25) is 9.59 Å². The van der Waals surface area contributed by atoms with E-state index in [0.717, 1.165) is 30.6 Å². The van der Waals surface area contributed by atoms with Gasteiger partial charge in [-0.15, -0.1) is 0 Å². The molecular formula is C15H13ClN2O2. The van der Waals surface area contributed by atoms with Crippen molar-refractivity contribution in [3.8, 4) is 6.07 Å². The molecule has 1 aromatic rings. The van der Waals surface area contributed by atoms with Gasteiger partial charge in [0.25, 0.3) is 0 Å². The summed E-state index contributed by atoms with van der Waals surface area (Å²) in [5, 5.41) is 9.57. The van der Waals surface area contributed by atoms with Crippen LogP contribution >= 0.6 is 11.6 Å². The summed E-state index contributed by atoms with van der Waals surface area (Å²) in [6.07, 6.45) is 3.73. The molecule has 1 aliphatic heterocycles. The first kappa shape index (κ1) is 13.1. The Bertz CT molecular complexity index is 642. The van der Waals surface area contributed by atoms with Gasteiger partial charge >= 0.3 is 0 Å². The number of benzene rings is 1. The molecule has 0 N–H and O–H groups in total. The van der Waals surface area contributed by atoms with Crippen LogP contribution in [0, 0.1) is 16.7 Å². The smallest absolute Gasteiger partial charge is 0.240 e. The number of anilines is 1. The van der Waals surface area contributed by atoms with Gasteiger partial charge < -0.3 is 0 Å². The van der Waals surface area contributed by atoms with Crippen LogP contribution in [0.4, 0.5) is 5.69 Å². The van der Waals surface area contributed by atoms with Crippen molar-refractivity contribution < 1.29 is 9.59 Å². The number of nitrogens with zero attached hydrogens (tertiary/aromatic N) is 2. The van der Waals surface area contributed by atoms with E-state index in [9.17, 15) is 9.59 Å². The zero-order valence-electron chi connectivity index (χ0n) is 10.9. The third kappa shape index (κ3) is 1.82. The lowest BCUT2D eigenvalue weighted by Crippen LogP contribution is -2.34. The molecule has 4 nitrogen and oxygen atoms in total. The van der Waals surface area contributed by atoms with Gasteiger partial charge in [-0.1, -0.05) is 24.4 Å². The minimum absolute atomic E-state index is 0.168. The molecule has 1 saturated carbocycles. The molecular weight excluding hydrogens is 276 g/mol. The summed E-state index contributed by atoms with van der Waals surface area (Å²) < 4.78 is 0. The number of halogens is 1. The van der Waals surface area contributed by atoms with Crippen molar-refractivity contribution in [2.24, 2.45) is 5.41 Å². The second kappa shape index (κ2) is 4.60. The lowest BCUT2D eigenvalue weighted by Gasteiger charge is -2.21. The first-order chi connectivity index (χ1) is 9.57. The average Bonchev–Trinajstić information content (AvgIpc) is 2.97. The molecule has 5 heteroatoms. The highest BCUT2D eigenvalue weighted by molar-refractivity contribution is 6.31. The highest BCUT2D eigenvalue weighted by atomic mass is 35.5. The van der Waals surface area contributed by atoms with Gasteiger partial charge in [-0.05, 0) is 31.0 Å². The van der Waals surface area contributed by atoms with Gasteiger partial charge in [0.1, 0.15) is 6.07 Å². The molecule has 1 heterocycles. The quantitative estimate of drug-likeness (QED) is 0.746. The number of carbonyl (C=O) groups excluding carboxylic acids is 2. The maximum absolute atomic E-state index is 12.7. The van der Waals surface area contributed by atoms with E-state index in [4.69, 9.17) is 16.9 Å². The van der Waals surface area contributed by atoms with E-state index in [0.29, 0.717) is 16.3 Å². The number of carbonyl (C=O) groups is 2. The van der Waals surface area contributed by atoms with Crippen LogP contribution in [-0.4, -0.2) is 11.8 Å². The van der Waals surface area contributed by atoms with Crippen LogP contribution in [0.2, 0.25) is 5.02 Å². The van der Waals surface area contributed by atoms with Crippen LogP contribution in [0.3, 0.4) is 0 Å². The van der Waals surface area contributed by atoms with Crippen LogP contribution in [-0.2, 0) is 9.59 Å². The fraction of sp³-hybridized carbons (Fsp3) is 0.400. The van der Waals surface area contributed by atoms with Crippen LogP contribution in [0.15, 0.2) is 18.2 Å². The first-order valence-electron chi connectivity index (χ1n) is 6.64. The lowest BCUT2D eigenvalue weighted by molar-refractivity contribution is -0.125. The Labute approximate surface area is 121 Å². The summed E-state index contributed by atoms with van der Waals surface area (Å²) in [4.78, 5) is 26.1. The SMILES string of the molecule is N#Cc1ccc(Cl)cc1N1C(=O)CC2(CCCC2)C1=O. The van der Waals surface area contributed by atoms with E-state index in [-0.39, 0.29) is 18.2 Å². The fourth-order valence-electron chi connectivity index (χ4n) is 3.27. The van der Waals surface area contributed by atoms with Gasteiger partial charge in [0, 0.05) is 11.4 Å². The Morgan fingerprint density at radius 1 is 1.25 bits per heavy atom. The van der Waals surface area contributed by atoms with Crippen molar-refractivity contribution >= 4 is 29.1 Å². The molecule has 3 rings (SSSR count). The molecule has 0 unspecified atom stereocenters. The Morgan fingerprint density at radius 3 is 2.60 bits per heavy atom. The van der Waals surface area contributed by atoms with Gasteiger partial charge in [-0.2, -0.15) is 5.26 Å². The molecule has 2 aliphatic rings. The maximum atomic E-state index is 12.7. The molecule has 2 fully saturated rings. The number of rotatable bonds is 1. The molecule has 2 amide bonds. The summed E-state index contributed by atoms with van der Waals surface area (Å²) in [6.45, 7) is 0. The molecule has 1 aliphatic carbocycles. The van der Waals surface area contributed by atoms with Crippen LogP contribution in [0.5, 0.6) is 0 Å². The second-order valence-corrected chi connectivity index (χ2v) is 5.91. The lowest BCUT2D eigenvalue weighted by atomic mass is 9.84. The largest absolute Gasteiger partial charge is 0.274 e. The van der Waals surface area contributed by atoms with E-state index in [1.807, 2.05) is 6.07 Å². The molecule has 0 atom stereocenters. The predicted molar refractivity (Wildman–Crippen MR) is 74.2 cm³/mol. The molecule has 1 saturated heterocycles. The molecule has 102 valence electrons. The number of hydrogen-bond acceptors (Lipinski definition) is 3. The minimum atomic E-state index is -0.536. The van der Waals surface area contributed by atoms with Crippen molar-refractivity contribution in [1.82, 2.24) is 0 Å². The Kier molecular flexibility index (Phi) is 3.02. The van der Waals surface area contributed by atoms with E-state index in [1.54, 1.807) is 6.07 Å². The van der Waals surface area contributed by atoms with Crippen LogP contribution < -0.4 is 4.90 Å². The molecule has 20 heavy (non-hydrogen) atoms. The predicted octanol–water partition coefficient (Wildman–Crippen LogP) is 3.04. The van der Waals surface area contributed by atoms with Gasteiger partial charge in [0.05, 0.1) is 16.7 Å². The number of nitriles is 1.